The summed E-state index contributed by atoms with van der Waals surface area (Å²) >= 11 is 0. The molecular formula is C22H36N2O3. The zero-order chi connectivity index (χ0) is 19.6. The van der Waals surface area contributed by atoms with Gasteiger partial charge in [0.15, 0.2) is 0 Å². The molecule has 0 unspecified atom stereocenters. The number of hydrogen-bond donors (Lipinski definition) is 3. The molecule has 0 spiro atoms. The molecule has 0 bridgehead atoms. The second-order valence-electron chi connectivity index (χ2n) is 10.8. The van der Waals surface area contributed by atoms with Crippen molar-refractivity contribution in [3.8, 4) is 0 Å². The van der Waals surface area contributed by atoms with Crippen LogP contribution in [0.2, 0.25) is 0 Å². The van der Waals surface area contributed by atoms with Gasteiger partial charge in [-0.05, 0) is 99.7 Å². The highest BCUT2D eigenvalue weighted by molar-refractivity contribution is 5.85. The van der Waals surface area contributed by atoms with E-state index in [1.165, 1.54) is 6.42 Å². The summed E-state index contributed by atoms with van der Waals surface area (Å²) in [5.74, 6) is 2.20. The van der Waals surface area contributed by atoms with E-state index in [9.17, 15) is 15.5 Å². The van der Waals surface area contributed by atoms with E-state index in [1.54, 1.807) is 0 Å². The van der Waals surface area contributed by atoms with Gasteiger partial charge in [0, 0.05) is 5.92 Å². The predicted octanol–water partition coefficient (Wildman–Crippen LogP) is 4.69. The molecule has 27 heavy (non-hydrogen) atoms. The van der Waals surface area contributed by atoms with E-state index in [0.717, 1.165) is 56.4 Å². The third-order valence-electron chi connectivity index (χ3n) is 9.49. The molecule has 4 aliphatic carbocycles. The van der Waals surface area contributed by atoms with Crippen LogP contribution in [0.25, 0.3) is 0 Å². The standard InChI is InChI=1S/C22H36N2O3/c1-13(23-26)17-7-8-18-16-6-5-14-11-15(24-27)9-10-20(14,2)19(16)22(4,25)12-21(17,18)3/h14,16-19,25-27H,5-12H2,1-4H3/t14-,16+,17-,18+,19+,20+,21-,22+/m1/s1. The summed E-state index contributed by atoms with van der Waals surface area (Å²) in [5.41, 5.74) is 1.18. The quantitative estimate of drug-likeness (QED) is 0.353. The number of oxime groups is 2. The molecule has 0 amide bonds. The van der Waals surface area contributed by atoms with Gasteiger partial charge in [0.05, 0.1) is 17.0 Å². The monoisotopic (exact) mass is 376 g/mol. The number of nitrogens with zero attached hydrogens (tertiary/aromatic N) is 2. The van der Waals surface area contributed by atoms with Crippen molar-refractivity contribution in [2.24, 2.45) is 50.7 Å². The zero-order valence-electron chi connectivity index (χ0n) is 17.3. The van der Waals surface area contributed by atoms with E-state index in [4.69, 9.17) is 0 Å². The Labute approximate surface area is 162 Å². The van der Waals surface area contributed by atoms with Gasteiger partial charge in [-0.3, -0.25) is 0 Å². The second-order valence-corrected chi connectivity index (χ2v) is 10.8. The van der Waals surface area contributed by atoms with Crippen molar-refractivity contribution in [2.45, 2.75) is 84.7 Å². The third-order valence-corrected chi connectivity index (χ3v) is 9.49. The molecule has 4 fully saturated rings. The number of fused-ring (bicyclic) bond motifs is 5. The van der Waals surface area contributed by atoms with Gasteiger partial charge < -0.3 is 15.5 Å². The molecule has 0 aliphatic heterocycles. The van der Waals surface area contributed by atoms with E-state index in [1.807, 2.05) is 6.92 Å². The van der Waals surface area contributed by atoms with Gasteiger partial charge in [0.2, 0.25) is 0 Å². The van der Waals surface area contributed by atoms with Crippen molar-refractivity contribution in [1.82, 2.24) is 0 Å². The smallest absolute Gasteiger partial charge is 0.0661 e. The second kappa shape index (κ2) is 6.20. The first-order chi connectivity index (χ1) is 12.7. The summed E-state index contributed by atoms with van der Waals surface area (Å²) in [4.78, 5) is 0. The first-order valence-corrected chi connectivity index (χ1v) is 10.8. The molecule has 0 aromatic carbocycles. The Morgan fingerprint density at radius 2 is 1.78 bits per heavy atom. The highest BCUT2D eigenvalue weighted by Crippen LogP contribution is 2.69. The van der Waals surface area contributed by atoms with Gasteiger partial charge in [0.1, 0.15) is 0 Å². The summed E-state index contributed by atoms with van der Waals surface area (Å²) in [7, 11) is 0. The lowest BCUT2D eigenvalue weighted by molar-refractivity contribution is -0.206. The lowest BCUT2D eigenvalue weighted by Crippen LogP contribution is -2.63. The maximum absolute atomic E-state index is 11.8. The third kappa shape index (κ3) is 2.60. The van der Waals surface area contributed by atoms with Gasteiger partial charge in [-0.15, -0.1) is 0 Å². The lowest BCUT2D eigenvalue weighted by Gasteiger charge is -2.65. The minimum atomic E-state index is -0.713. The average Bonchev–Trinajstić information content (AvgIpc) is 2.95. The van der Waals surface area contributed by atoms with E-state index < -0.39 is 5.60 Å². The van der Waals surface area contributed by atoms with Crippen molar-refractivity contribution in [1.29, 1.82) is 0 Å². The Kier molecular flexibility index (Phi) is 4.41. The molecule has 0 saturated heterocycles. The van der Waals surface area contributed by atoms with E-state index >= 15 is 0 Å². The van der Waals surface area contributed by atoms with Crippen LogP contribution in [0.15, 0.2) is 10.3 Å². The number of hydrogen-bond acceptors (Lipinski definition) is 5. The van der Waals surface area contributed by atoms with Crippen LogP contribution in [0, 0.1) is 40.4 Å². The molecule has 0 radical (unpaired) electrons. The highest BCUT2D eigenvalue weighted by atomic mass is 16.4. The maximum Gasteiger partial charge on any atom is 0.0661 e. The van der Waals surface area contributed by atoms with Gasteiger partial charge >= 0.3 is 0 Å². The summed E-state index contributed by atoms with van der Waals surface area (Å²) < 4.78 is 0. The van der Waals surface area contributed by atoms with E-state index in [-0.39, 0.29) is 16.7 Å². The van der Waals surface area contributed by atoms with Crippen LogP contribution in [0.1, 0.15) is 79.1 Å². The lowest BCUT2D eigenvalue weighted by atomic mass is 9.41. The Morgan fingerprint density at radius 1 is 1.04 bits per heavy atom. The first kappa shape index (κ1) is 19.2. The minimum Gasteiger partial charge on any atom is -0.411 e. The summed E-state index contributed by atoms with van der Waals surface area (Å²) in [6.07, 6.45) is 8.09. The predicted molar refractivity (Wildman–Crippen MR) is 105 cm³/mol. The number of rotatable bonds is 1. The van der Waals surface area contributed by atoms with Gasteiger partial charge in [0.25, 0.3) is 0 Å². The average molecular weight is 377 g/mol. The van der Waals surface area contributed by atoms with Gasteiger partial charge in [-0.2, -0.15) is 0 Å². The molecule has 5 nitrogen and oxygen atoms in total. The Balaban J connectivity index is 1.71. The molecule has 0 aromatic heterocycles. The molecule has 0 aromatic rings. The highest BCUT2D eigenvalue weighted by Gasteiger charge is 2.66. The van der Waals surface area contributed by atoms with Crippen LogP contribution in [0.5, 0.6) is 0 Å². The number of aliphatic hydroxyl groups is 1. The van der Waals surface area contributed by atoms with Crippen LogP contribution in [0.3, 0.4) is 0 Å². The summed E-state index contributed by atoms with van der Waals surface area (Å²) in [5, 5.41) is 37.6. The van der Waals surface area contributed by atoms with Crippen LogP contribution < -0.4 is 0 Å². The largest absolute Gasteiger partial charge is 0.411 e. The molecule has 152 valence electrons. The van der Waals surface area contributed by atoms with Gasteiger partial charge in [-0.1, -0.05) is 24.2 Å². The first-order valence-electron chi connectivity index (χ1n) is 10.8. The van der Waals surface area contributed by atoms with Crippen LogP contribution in [-0.4, -0.2) is 32.5 Å². The van der Waals surface area contributed by atoms with Crippen molar-refractivity contribution < 1.29 is 15.5 Å². The summed E-state index contributed by atoms with van der Waals surface area (Å²) in [6, 6.07) is 0. The fraction of sp³-hybridized carbons (Fsp3) is 0.909. The topological polar surface area (TPSA) is 85.4 Å². The fourth-order valence-electron chi connectivity index (χ4n) is 8.68. The SMILES string of the molecule is CC(=NO)[C@H]1CC[C@H]2[C@@H]3CC[C@@H]4CC(=NO)CC[C@]4(C)[C@H]3[C@@](C)(O)C[C@]12C. The minimum absolute atomic E-state index is 0.0105. The van der Waals surface area contributed by atoms with Gasteiger partial charge in [-0.25, -0.2) is 0 Å². The molecule has 4 aliphatic rings. The Bertz CT molecular complexity index is 672. The molecule has 8 atom stereocenters. The maximum atomic E-state index is 11.8. The molecular weight excluding hydrogens is 340 g/mol. The fourth-order valence-corrected chi connectivity index (χ4v) is 8.68. The molecule has 0 heterocycles. The van der Waals surface area contributed by atoms with Crippen LogP contribution in [0.4, 0.5) is 0 Å². The molecule has 4 rings (SSSR count). The molecule has 5 heteroatoms. The summed E-state index contributed by atoms with van der Waals surface area (Å²) in [6.45, 7) is 8.73. The molecule has 4 saturated carbocycles. The van der Waals surface area contributed by atoms with E-state index in [0.29, 0.717) is 23.7 Å². The molecule has 3 N–H and O–H groups in total. The van der Waals surface area contributed by atoms with Crippen LogP contribution >= 0.6 is 0 Å². The Hall–Kier alpha value is -1.10. The zero-order valence-corrected chi connectivity index (χ0v) is 17.3. The van der Waals surface area contributed by atoms with Crippen LogP contribution in [-0.2, 0) is 0 Å². The Morgan fingerprint density at radius 3 is 2.44 bits per heavy atom. The normalized spacial score (nSPS) is 54.3. The van der Waals surface area contributed by atoms with Crippen molar-refractivity contribution >= 4 is 11.4 Å². The van der Waals surface area contributed by atoms with Crippen molar-refractivity contribution in [2.75, 3.05) is 0 Å². The van der Waals surface area contributed by atoms with E-state index in [2.05, 4.69) is 31.1 Å². The van der Waals surface area contributed by atoms with Crippen molar-refractivity contribution in [3.63, 3.8) is 0 Å². The van der Waals surface area contributed by atoms with Crippen molar-refractivity contribution in [3.05, 3.63) is 0 Å².